The van der Waals surface area contributed by atoms with Crippen LogP contribution < -0.4 is 5.32 Å². The number of carbonyl (C=O) groups is 1. The molecule has 3 rings (SSSR count). The first-order chi connectivity index (χ1) is 9.15. The van der Waals surface area contributed by atoms with Gasteiger partial charge in [0.1, 0.15) is 11.0 Å². The first-order valence-electron chi connectivity index (χ1n) is 5.44. The summed E-state index contributed by atoms with van der Waals surface area (Å²) >= 11 is 4.29. The molecule has 0 radical (unpaired) electrons. The Labute approximate surface area is 121 Å². The maximum absolute atomic E-state index is 12.1. The van der Waals surface area contributed by atoms with Gasteiger partial charge in [-0.1, -0.05) is 6.07 Å². The molecule has 19 heavy (non-hydrogen) atoms. The first kappa shape index (κ1) is 12.3. The van der Waals surface area contributed by atoms with Crippen molar-refractivity contribution in [2.75, 3.05) is 5.32 Å². The summed E-state index contributed by atoms with van der Waals surface area (Å²) in [5.74, 6) is -0.0687. The number of halogens is 1. The molecule has 0 fully saturated rings. The molecule has 0 bridgehead atoms. The standard InChI is InChI=1S/C12H8BrN3O2S/c1-6-2-3-7-11(16-19-15-7)10(6)14-12(17)8-4-5-9(13)18-8/h2-5H,1H3,(H,14,17). The molecule has 96 valence electrons. The van der Waals surface area contributed by atoms with Gasteiger partial charge in [0.05, 0.1) is 17.4 Å². The second-order valence-electron chi connectivity index (χ2n) is 3.95. The minimum atomic E-state index is -0.311. The summed E-state index contributed by atoms with van der Waals surface area (Å²) in [6.45, 7) is 1.91. The van der Waals surface area contributed by atoms with Crippen molar-refractivity contribution in [2.45, 2.75) is 6.92 Å². The van der Waals surface area contributed by atoms with Gasteiger partial charge in [-0.2, -0.15) is 8.75 Å². The molecule has 3 aromatic rings. The lowest BCUT2D eigenvalue weighted by atomic mass is 10.1. The molecule has 5 nitrogen and oxygen atoms in total. The third kappa shape index (κ3) is 2.26. The fourth-order valence-electron chi connectivity index (χ4n) is 1.72. The smallest absolute Gasteiger partial charge is 0.291 e. The molecule has 0 atom stereocenters. The Morgan fingerprint density at radius 3 is 2.89 bits per heavy atom. The van der Waals surface area contributed by atoms with Gasteiger partial charge in [-0.25, -0.2) is 0 Å². The fraction of sp³-hybridized carbons (Fsp3) is 0.0833. The third-order valence-electron chi connectivity index (χ3n) is 2.67. The zero-order chi connectivity index (χ0) is 13.4. The zero-order valence-electron chi connectivity index (χ0n) is 9.81. The molecule has 1 aromatic carbocycles. The molecule has 1 amide bonds. The van der Waals surface area contributed by atoms with E-state index in [9.17, 15) is 4.79 Å². The first-order valence-corrected chi connectivity index (χ1v) is 6.96. The maximum Gasteiger partial charge on any atom is 0.291 e. The molecular formula is C12H8BrN3O2S. The molecule has 0 unspecified atom stereocenters. The quantitative estimate of drug-likeness (QED) is 0.775. The van der Waals surface area contributed by atoms with Crippen LogP contribution in [0.2, 0.25) is 0 Å². The van der Waals surface area contributed by atoms with Crippen LogP contribution in [0.3, 0.4) is 0 Å². The molecule has 2 aromatic heterocycles. The lowest BCUT2D eigenvalue weighted by Gasteiger charge is -2.07. The maximum atomic E-state index is 12.1. The number of rotatable bonds is 2. The van der Waals surface area contributed by atoms with Gasteiger partial charge in [-0.3, -0.25) is 4.79 Å². The Balaban J connectivity index is 1.99. The van der Waals surface area contributed by atoms with Crippen LogP contribution in [-0.4, -0.2) is 14.7 Å². The van der Waals surface area contributed by atoms with Crippen molar-refractivity contribution in [1.29, 1.82) is 0 Å². The number of nitrogens with zero attached hydrogens (tertiary/aromatic N) is 2. The van der Waals surface area contributed by atoms with Crippen molar-refractivity contribution >= 4 is 50.3 Å². The van der Waals surface area contributed by atoms with Crippen molar-refractivity contribution in [1.82, 2.24) is 8.75 Å². The summed E-state index contributed by atoms with van der Waals surface area (Å²) in [5, 5.41) is 2.82. The topological polar surface area (TPSA) is 68.0 Å². The van der Waals surface area contributed by atoms with Crippen LogP contribution in [0.1, 0.15) is 16.1 Å². The van der Waals surface area contributed by atoms with Gasteiger partial charge in [0.15, 0.2) is 10.4 Å². The van der Waals surface area contributed by atoms with Gasteiger partial charge in [0, 0.05) is 0 Å². The summed E-state index contributed by atoms with van der Waals surface area (Å²) in [5.41, 5.74) is 3.07. The Bertz CT molecular complexity index is 765. The van der Waals surface area contributed by atoms with Gasteiger partial charge < -0.3 is 9.73 Å². The predicted octanol–water partition coefficient (Wildman–Crippen LogP) is 3.61. The molecule has 0 aliphatic heterocycles. The Hall–Kier alpha value is -1.73. The number of benzene rings is 1. The van der Waals surface area contributed by atoms with Crippen LogP contribution in [0.4, 0.5) is 5.69 Å². The number of anilines is 1. The van der Waals surface area contributed by atoms with Crippen LogP contribution in [0, 0.1) is 6.92 Å². The largest absolute Gasteiger partial charge is 0.444 e. The van der Waals surface area contributed by atoms with E-state index in [1.807, 2.05) is 19.1 Å². The van der Waals surface area contributed by atoms with Crippen molar-refractivity contribution in [3.63, 3.8) is 0 Å². The van der Waals surface area contributed by atoms with Crippen molar-refractivity contribution in [3.8, 4) is 0 Å². The Morgan fingerprint density at radius 1 is 1.32 bits per heavy atom. The Morgan fingerprint density at radius 2 is 2.16 bits per heavy atom. The number of aromatic nitrogens is 2. The van der Waals surface area contributed by atoms with E-state index in [1.54, 1.807) is 12.1 Å². The number of nitrogens with one attached hydrogen (secondary N) is 1. The molecule has 1 N–H and O–H groups in total. The van der Waals surface area contributed by atoms with Crippen molar-refractivity contribution in [3.05, 3.63) is 40.3 Å². The molecule has 0 spiro atoms. The summed E-state index contributed by atoms with van der Waals surface area (Å²) in [4.78, 5) is 12.1. The summed E-state index contributed by atoms with van der Waals surface area (Å²) < 4.78 is 14.1. The fourth-order valence-corrected chi connectivity index (χ4v) is 2.57. The highest BCUT2D eigenvalue weighted by Gasteiger charge is 2.15. The van der Waals surface area contributed by atoms with E-state index < -0.39 is 0 Å². The number of amides is 1. The van der Waals surface area contributed by atoms with Crippen LogP contribution in [0.15, 0.2) is 33.4 Å². The lowest BCUT2D eigenvalue weighted by Crippen LogP contribution is -2.12. The van der Waals surface area contributed by atoms with Gasteiger partial charge in [0.2, 0.25) is 0 Å². The summed E-state index contributed by atoms with van der Waals surface area (Å²) in [7, 11) is 0. The van der Waals surface area contributed by atoms with Crippen molar-refractivity contribution < 1.29 is 9.21 Å². The zero-order valence-corrected chi connectivity index (χ0v) is 12.2. The van der Waals surface area contributed by atoms with E-state index >= 15 is 0 Å². The van der Waals surface area contributed by atoms with E-state index in [0.29, 0.717) is 15.9 Å². The third-order valence-corrected chi connectivity index (χ3v) is 3.64. The second-order valence-corrected chi connectivity index (χ2v) is 5.26. The second kappa shape index (κ2) is 4.75. The number of fused-ring (bicyclic) bond motifs is 1. The number of hydrogen-bond acceptors (Lipinski definition) is 5. The molecule has 0 aliphatic rings. The highest BCUT2D eigenvalue weighted by atomic mass is 79.9. The van der Waals surface area contributed by atoms with Gasteiger partial charge in [-0.05, 0) is 46.6 Å². The van der Waals surface area contributed by atoms with Gasteiger partial charge in [0.25, 0.3) is 5.91 Å². The van der Waals surface area contributed by atoms with Gasteiger partial charge >= 0.3 is 0 Å². The average Bonchev–Trinajstić information content (AvgIpc) is 3.01. The van der Waals surface area contributed by atoms with Crippen LogP contribution in [-0.2, 0) is 0 Å². The number of aryl methyl sites for hydroxylation is 1. The molecule has 2 heterocycles. The number of carbonyl (C=O) groups excluding carboxylic acids is 1. The van der Waals surface area contributed by atoms with Crippen molar-refractivity contribution in [2.24, 2.45) is 0 Å². The van der Waals surface area contributed by atoms with E-state index in [1.165, 1.54) is 0 Å². The van der Waals surface area contributed by atoms with Gasteiger partial charge in [-0.15, -0.1) is 0 Å². The van der Waals surface area contributed by atoms with Crippen LogP contribution >= 0.6 is 27.7 Å². The molecular weight excluding hydrogens is 330 g/mol. The normalized spacial score (nSPS) is 10.8. The highest BCUT2D eigenvalue weighted by Crippen LogP contribution is 2.26. The minimum Gasteiger partial charge on any atom is -0.444 e. The van der Waals surface area contributed by atoms with E-state index in [4.69, 9.17) is 4.42 Å². The van der Waals surface area contributed by atoms with E-state index in [-0.39, 0.29) is 11.7 Å². The predicted molar refractivity (Wildman–Crippen MR) is 76.5 cm³/mol. The Kier molecular flexibility index (Phi) is 3.08. The van der Waals surface area contributed by atoms with Crippen LogP contribution in [0.5, 0.6) is 0 Å². The monoisotopic (exact) mass is 337 g/mol. The molecule has 0 saturated heterocycles. The molecule has 0 saturated carbocycles. The molecule has 0 aliphatic carbocycles. The SMILES string of the molecule is Cc1ccc2nsnc2c1NC(=O)c1ccc(Br)o1. The van der Waals surface area contributed by atoms with Crippen LogP contribution in [0.25, 0.3) is 11.0 Å². The summed E-state index contributed by atoms with van der Waals surface area (Å²) in [6, 6.07) is 7.06. The number of hydrogen-bond donors (Lipinski definition) is 1. The summed E-state index contributed by atoms with van der Waals surface area (Å²) in [6.07, 6.45) is 0. The molecule has 7 heteroatoms. The van der Waals surface area contributed by atoms with E-state index in [2.05, 4.69) is 30.0 Å². The average molecular weight is 338 g/mol. The highest BCUT2D eigenvalue weighted by molar-refractivity contribution is 9.10. The number of furan rings is 1. The lowest BCUT2D eigenvalue weighted by molar-refractivity contribution is 0.0995. The van der Waals surface area contributed by atoms with E-state index in [0.717, 1.165) is 22.8 Å². The minimum absolute atomic E-state index is 0.242.